The monoisotopic (exact) mass is 362 g/mol. The lowest BCUT2D eigenvalue weighted by atomic mass is 10.1. The van der Waals surface area contributed by atoms with Crippen LogP contribution in [0.4, 0.5) is 4.39 Å². The maximum atomic E-state index is 13.3. The van der Waals surface area contributed by atoms with Gasteiger partial charge in [-0.15, -0.1) is 0 Å². The Morgan fingerprint density at radius 1 is 0.852 bits per heavy atom. The van der Waals surface area contributed by atoms with Gasteiger partial charge in [0, 0.05) is 24.8 Å². The van der Waals surface area contributed by atoms with Crippen molar-refractivity contribution in [1.29, 1.82) is 0 Å². The normalized spacial score (nSPS) is 15.7. The number of rotatable bonds is 4. The van der Waals surface area contributed by atoms with E-state index in [2.05, 4.69) is 44.3 Å². The predicted octanol–water partition coefficient (Wildman–Crippen LogP) is 4.58. The Labute approximate surface area is 157 Å². The van der Waals surface area contributed by atoms with Crippen molar-refractivity contribution in [2.24, 2.45) is 0 Å². The number of fused-ring (bicyclic) bond motifs is 3. The van der Waals surface area contributed by atoms with Gasteiger partial charge in [0.15, 0.2) is 0 Å². The molecule has 3 heterocycles. The first kappa shape index (κ1) is 16.5. The summed E-state index contributed by atoms with van der Waals surface area (Å²) in [6.07, 6.45) is 6.02. The number of hydrogen-bond acceptors (Lipinski definition) is 2. The van der Waals surface area contributed by atoms with Crippen molar-refractivity contribution < 1.29 is 4.39 Å². The predicted molar refractivity (Wildman–Crippen MR) is 106 cm³/mol. The molecule has 0 spiro atoms. The van der Waals surface area contributed by atoms with Crippen LogP contribution in [0.3, 0.4) is 0 Å². The van der Waals surface area contributed by atoms with E-state index in [1.165, 1.54) is 50.0 Å². The zero-order chi connectivity index (χ0) is 18.2. The van der Waals surface area contributed by atoms with Crippen LogP contribution < -0.4 is 0 Å². The minimum atomic E-state index is -0.223. The standard InChI is InChI=1S/C22H23FN4/c23-18-10-8-17(9-11-18)19-16-27-21-7-3-2-6-20(21)26(22(27)24-19)15-14-25-12-4-1-5-13-25/h2-3,6-11,16H,1,4-5,12-15H2. The highest BCUT2D eigenvalue weighted by molar-refractivity contribution is 5.82. The smallest absolute Gasteiger partial charge is 0.215 e. The minimum Gasteiger partial charge on any atom is -0.308 e. The molecular formula is C22H23FN4. The molecule has 138 valence electrons. The molecule has 0 atom stereocenters. The molecule has 4 nitrogen and oxygen atoms in total. The lowest BCUT2D eigenvalue weighted by Crippen LogP contribution is -2.32. The molecule has 0 unspecified atom stereocenters. The molecule has 1 fully saturated rings. The second-order valence-corrected chi connectivity index (χ2v) is 7.35. The number of piperidine rings is 1. The van der Waals surface area contributed by atoms with E-state index >= 15 is 0 Å². The third-order valence-corrected chi connectivity index (χ3v) is 5.59. The summed E-state index contributed by atoms with van der Waals surface area (Å²) in [4.78, 5) is 7.45. The summed E-state index contributed by atoms with van der Waals surface area (Å²) in [7, 11) is 0. The number of para-hydroxylation sites is 2. The second kappa shape index (κ2) is 6.82. The van der Waals surface area contributed by atoms with Crippen LogP contribution in [0.2, 0.25) is 0 Å². The highest BCUT2D eigenvalue weighted by atomic mass is 19.1. The van der Waals surface area contributed by atoms with E-state index < -0.39 is 0 Å². The van der Waals surface area contributed by atoms with Gasteiger partial charge in [0.05, 0.1) is 16.7 Å². The topological polar surface area (TPSA) is 25.5 Å². The van der Waals surface area contributed by atoms with E-state index in [4.69, 9.17) is 4.98 Å². The summed E-state index contributed by atoms with van der Waals surface area (Å²) in [5.41, 5.74) is 4.18. The Bertz CT molecular complexity index is 1070. The quantitative estimate of drug-likeness (QED) is 0.531. The van der Waals surface area contributed by atoms with Crippen LogP contribution in [0.5, 0.6) is 0 Å². The van der Waals surface area contributed by atoms with Crippen LogP contribution in [0.25, 0.3) is 28.1 Å². The molecule has 0 radical (unpaired) electrons. The summed E-state index contributed by atoms with van der Waals surface area (Å²) in [6, 6.07) is 15.0. The van der Waals surface area contributed by atoms with Crippen molar-refractivity contribution in [2.45, 2.75) is 25.8 Å². The van der Waals surface area contributed by atoms with Crippen LogP contribution in [0.1, 0.15) is 19.3 Å². The van der Waals surface area contributed by atoms with Gasteiger partial charge < -0.3 is 9.47 Å². The molecule has 0 N–H and O–H groups in total. The van der Waals surface area contributed by atoms with Gasteiger partial charge in [-0.25, -0.2) is 9.37 Å². The summed E-state index contributed by atoms with van der Waals surface area (Å²) in [5.74, 6) is 0.728. The van der Waals surface area contributed by atoms with Crippen LogP contribution in [0, 0.1) is 5.82 Å². The van der Waals surface area contributed by atoms with Crippen molar-refractivity contribution in [2.75, 3.05) is 19.6 Å². The summed E-state index contributed by atoms with van der Waals surface area (Å²) in [6.45, 7) is 4.37. The second-order valence-electron chi connectivity index (χ2n) is 7.35. The summed E-state index contributed by atoms with van der Waals surface area (Å²) in [5, 5.41) is 0. The fourth-order valence-corrected chi connectivity index (χ4v) is 4.15. The largest absolute Gasteiger partial charge is 0.308 e. The average molecular weight is 362 g/mol. The number of halogens is 1. The Hall–Kier alpha value is -2.66. The SMILES string of the molecule is Fc1ccc(-c2cn3c4ccccc4n(CCN4CCCCC4)c3n2)cc1. The van der Waals surface area contributed by atoms with Crippen molar-refractivity contribution in [3.8, 4) is 11.3 Å². The van der Waals surface area contributed by atoms with Gasteiger partial charge in [-0.05, 0) is 62.3 Å². The molecule has 1 aliphatic heterocycles. The fraction of sp³-hybridized carbons (Fsp3) is 0.318. The van der Waals surface area contributed by atoms with Crippen LogP contribution >= 0.6 is 0 Å². The Balaban J connectivity index is 1.55. The molecule has 4 aromatic rings. The molecule has 27 heavy (non-hydrogen) atoms. The Morgan fingerprint density at radius 3 is 2.37 bits per heavy atom. The van der Waals surface area contributed by atoms with Crippen molar-refractivity contribution in [3.05, 3.63) is 60.5 Å². The zero-order valence-electron chi connectivity index (χ0n) is 15.3. The van der Waals surface area contributed by atoms with E-state index in [1.807, 2.05) is 0 Å². The summed E-state index contributed by atoms with van der Waals surface area (Å²) < 4.78 is 17.7. The number of hydrogen-bond donors (Lipinski definition) is 0. The van der Waals surface area contributed by atoms with Gasteiger partial charge in [0.1, 0.15) is 5.82 Å². The van der Waals surface area contributed by atoms with Gasteiger partial charge in [0.25, 0.3) is 0 Å². The van der Waals surface area contributed by atoms with E-state index in [1.54, 1.807) is 12.1 Å². The minimum absolute atomic E-state index is 0.223. The molecule has 2 aromatic heterocycles. The average Bonchev–Trinajstić information content (AvgIpc) is 3.26. The van der Waals surface area contributed by atoms with Gasteiger partial charge in [-0.3, -0.25) is 4.40 Å². The third kappa shape index (κ3) is 3.02. The van der Waals surface area contributed by atoms with E-state index in [0.29, 0.717) is 0 Å². The van der Waals surface area contributed by atoms with E-state index in [0.717, 1.165) is 35.6 Å². The lowest BCUT2D eigenvalue weighted by Gasteiger charge is -2.26. The molecule has 5 rings (SSSR count). The van der Waals surface area contributed by atoms with Crippen molar-refractivity contribution >= 4 is 16.8 Å². The molecule has 0 amide bonds. The molecule has 1 aliphatic rings. The molecule has 0 saturated carbocycles. The first-order valence-electron chi connectivity index (χ1n) is 9.74. The number of imidazole rings is 2. The lowest BCUT2D eigenvalue weighted by molar-refractivity contribution is 0.222. The maximum absolute atomic E-state index is 13.3. The third-order valence-electron chi connectivity index (χ3n) is 5.59. The van der Waals surface area contributed by atoms with Crippen LogP contribution in [0.15, 0.2) is 54.7 Å². The first-order chi connectivity index (χ1) is 13.3. The Morgan fingerprint density at radius 2 is 1.59 bits per heavy atom. The first-order valence-corrected chi connectivity index (χ1v) is 9.74. The molecule has 0 bridgehead atoms. The van der Waals surface area contributed by atoms with Gasteiger partial charge in [0.2, 0.25) is 5.78 Å². The maximum Gasteiger partial charge on any atom is 0.215 e. The summed E-state index contributed by atoms with van der Waals surface area (Å²) >= 11 is 0. The number of aromatic nitrogens is 3. The number of benzene rings is 2. The van der Waals surface area contributed by atoms with Gasteiger partial charge in [-0.1, -0.05) is 18.6 Å². The van der Waals surface area contributed by atoms with E-state index in [9.17, 15) is 4.39 Å². The number of nitrogens with zero attached hydrogens (tertiary/aromatic N) is 4. The Kier molecular flexibility index (Phi) is 4.17. The fourth-order valence-electron chi connectivity index (χ4n) is 4.15. The zero-order valence-corrected chi connectivity index (χ0v) is 15.3. The van der Waals surface area contributed by atoms with Gasteiger partial charge >= 0.3 is 0 Å². The highest BCUT2D eigenvalue weighted by Gasteiger charge is 2.16. The van der Waals surface area contributed by atoms with Crippen LogP contribution in [-0.4, -0.2) is 38.5 Å². The highest BCUT2D eigenvalue weighted by Crippen LogP contribution is 2.26. The molecule has 0 aliphatic carbocycles. The van der Waals surface area contributed by atoms with Crippen LogP contribution in [-0.2, 0) is 6.54 Å². The molecule has 1 saturated heterocycles. The molecular weight excluding hydrogens is 339 g/mol. The molecule has 5 heteroatoms. The van der Waals surface area contributed by atoms with Crippen molar-refractivity contribution in [1.82, 2.24) is 18.9 Å². The van der Waals surface area contributed by atoms with Gasteiger partial charge in [-0.2, -0.15) is 0 Å². The van der Waals surface area contributed by atoms with Crippen molar-refractivity contribution in [3.63, 3.8) is 0 Å². The van der Waals surface area contributed by atoms with E-state index in [-0.39, 0.29) is 5.82 Å². The number of likely N-dealkylation sites (tertiary alicyclic amines) is 1. The molecule has 2 aromatic carbocycles.